The summed E-state index contributed by atoms with van der Waals surface area (Å²) < 4.78 is 0. The summed E-state index contributed by atoms with van der Waals surface area (Å²) in [6.45, 7) is 7.01. The molecule has 1 aromatic heterocycles. The van der Waals surface area contributed by atoms with E-state index in [9.17, 15) is 4.79 Å². The number of aromatic carboxylic acids is 1. The highest BCUT2D eigenvalue weighted by Crippen LogP contribution is 2.15. The van der Waals surface area contributed by atoms with Crippen molar-refractivity contribution in [3.05, 3.63) is 23.4 Å². The Morgan fingerprint density at radius 2 is 2.16 bits per heavy atom. The molecule has 1 fully saturated rings. The second kappa shape index (κ2) is 6.02. The lowest BCUT2D eigenvalue weighted by Gasteiger charge is -2.24. The van der Waals surface area contributed by atoms with Crippen LogP contribution in [0.2, 0.25) is 0 Å². The zero-order valence-corrected chi connectivity index (χ0v) is 11.5. The maximum absolute atomic E-state index is 11.1. The quantitative estimate of drug-likeness (QED) is 0.850. The average Bonchev–Trinajstić information content (AvgIpc) is 2.89. The van der Waals surface area contributed by atoms with Gasteiger partial charge in [-0.05, 0) is 51.9 Å². The van der Waals surface area contributed by atoms with E-state index in [1.165, 1.54) is 12.8 Å². The van der Waals surface area contributed by atoms with Gasteiger partial charge in [0.15, 0.2) is 0 Å². The van der Waals surface area contributed by atoms with Crippen molar-refractivity contribution in [1.82, 2.24) is 9.88 Å². The zero-order chi connectivity index (χ0) is 13.8. The molecule has 2 heterocycles. The Balaban J connectivity index is 2.01. The molecule has 5 heteroatoms. The van der Waals surface area contributed by atoms with Crippen molar-refractivity contribution < 1.29 is 9.90 Å². The molecule has 1 unspecified atom stereocenters. The first-order valence-electron chi connectivity index (χ1n) is 6.77. The van der Waals surface area contributed by atoms with Gasteiger partial charge in [0, 0.05) is 18.3 Å². The minimum atomic E-state index is -0.941. The Morgan fingerprint density at radius 1 is 1.47 bits per heavy atom. The molecule has 19 heavy (non-hydrogen) atoms. The average molecular weight is 263 g/mol. The van der Waals surface area contributed by atoms with E-state index in [1.807, 2.05) is 6.92 Å². The molecule has 0 aliphatic carbocycles. The molecule has 1 aliphatic rings. The predicted octanol–water partition coefficient (Wildman–Crippen LogP) is 1.98. The van der Waals surface area contributed by atoms with Crippen molar-refractivity contribution in [2.75, 3.05) is 25.0 Å². The standard InChI is InChI=1S/C14H21N3O2/c1-10-5-6-12(14(18)19)13(16-10)15-9-11(2)17-7-3-4-8-17/h5-6,11H,3-4,7-9H2,1-2H3,(H,15,16)(H,18,19). The maximum Gasteiger partial charge on any atom is 0.339 e. The van der Waals surface area contributed by atoms with Crippen LogP contribution in [-0.4, -0.2) is 46.6 Å². The predicted molar refractivity (Wildman–Crippen MR) is 74.7 cm³/mol. The second-order valence-electron chi connectivity index (χ2n) is 5.13. The Bertz CT molecular complexity index is 456. The van der Waals surface area contributed by atoms with Crippen molar-refractivity contribution in [2.45, 2.75) is 32.7 Å². The molecule has 5 nitrogen and oxygen atoms in total. The highest BCUT2D eigenvalue weighted by molar-refractivity contribution is 5.93. The third-order valence-corrected chi connectivity index (χ3v) is 3.59. The molecule has 2 N–H and O–H groups in total. The number of anilines is 1. The molecule has 0 saturated carbocycles. The SMILES string of the molecule is Cc1ccc(C(=O)O)c(NCC(C)N2CCCC2)n1. The number of hydrogen-bond acceptors (Lipinski definition) is 4. The van der Waals surface area contributed by atoms with Crippen LogP contribution in [0.1, 0.15) is 35.8 Å². The number of carboxylic acid groups (broad SMARTS) is 1. The number of likely N-dealkylation sites (tertiary alicyclic amines) is 1. The van der Waals surface area contributed by atoms with Gasteiger partial charge in [-0.25, -0.2) is 9.78 Å². The smallest absolute Gasteiger partial charge is 0.339 e. The molecule has 0 amide bonds. The Kier molecular flexibility index (Phi) is 4.37. The van der Waals surface area contributed by atoms with E-state index in [0.717, 1.165) is 25.3 Å². The summed E-state index contributed by atoms with van der Waals surface area (Å²) in [6.07, 6.45) is 2.51. The van der Waals surface area contributed by atoms with Crippen LogP contribution in [0.5, 0.6) is 0 Å². The number of aromatic nitrogens is 1. The summed E-state index contributed by atoms with van der Waals surface area (Å²) in [5, 5.41) is 12.3. The van der Waals surface area contributed by atoms with Gasteiger partial charge in [-0.3, -0.25) is 4.90 Å². The van der Waals surface area contributed by atoms with E-state index in [0.29, 0.717) is 11.9 Å². The number of nitrogens with zero attached hydrogens (tertiary/aromatic N) is 2. The number of aryl methyl sites for hydroxylation is 1. The maximum atomic E-state index is 11.1. The van der Waals surface area contributed by atoms with Gasteiger partial charge in [0.1, 0.15) is 11.4 Å². The zero-order valence-electron chi connectivity index (χ0n) is 11.5. The van der Waals surface area contributed by atoms with Crippen LogP contribution in [0.4, 0.5) is 5.82 Å². The molecule has 1 aromatic rings. The number of carboxylic acids is 1. The summed E-state index contributed by atoms with van der Waals surface area (Å²) in [4.78, 5) is 17.8. The molecule has 1 aliphatic heterocycles. The third kappa shape index (κ3) is 3.44. The van der Waals surface area contributed by atoms with Crippen LogP contribution in [0.15, 0.2) is 12.1 Å². The number of carbonyl (C=O) groups is 1. The molecular weight excluding hydrogens is 242 g/mol. The minimum Gasteiger partial charge on any atom is -0.478 e. The summed E-state index contributed by atoms with van der Waals surface area (Å²) in [5.74, 6) is -0.470. The van der Waals surface area contributed by atoms with Crippen LogP contribution in [-0.2, 0) is 0 Å². The summed E-state index contributed by atoms with van der Waals surface area (Å²) in [6, 6.07) is 3.72. The number of nitrogens with one attached hydrogen (secondary N) is 1. The fourth-order valence-electron chi connectivity index (χ4n) is 2.42. The van der Waals surface area contributed by atoms with E-state index in [-0.39, 0.29) is 5.56 Å². The Hall–Kier alpha value is -1.62. The van der Waals surface area contributed by atoms with Crippen molar-refractivity contribution in [2.24, 2.45) is 0 Å². The summed E-state index contributed by atoms with van der Waals surface area (Å²) >= 11 is 0. The van der Waals surface area contributed by atoms with Gasteiger partial charge in [-0.2, -0.15) is 0 Å². The molecule has 0 spiro atoms. The van der Waals surface area contributed by atoms with Crippen molar-refractivity contribution >= 4 is 11.8 Å². The van der Waals surface area contributed by atoms with Gasteiger partial charge < -0.3 is 10.4 Å². The Labute approximate surface area is 113 Å². The number of pyridine rings is 1. The van der Waals surface area contributed by atoms with Crippen LogP contribution >= 0.6 is 0 Å². The lowest BCUT2D eigenvalue weighted by atomic mass is 10.2. The molecule has 104 valence electrons. The minimum absolute atomic E-state index is 0.235. The molecule has 1 saturated heterocycles. The van der Waals surface area contributed by atoms with Crippen LogP contribution in [0, 0.1) is 6.92 Å². The van der Waals surface area contributed by atoms with Crippen LogP contribution in [0.3, 0.4) is 0 Å². The lowest BCUT2D eigenvalue weighted by molar-refractivity contribution is 0.0697. The summed E-state index contributed by atoms with van der Waals surface area (Å²) in [5.41, 5.74) is 1.06. The third-order valence-electron chi connectivity index (χ3n) is 3.59. The van der Waals surface area contributed by atoms with Gasteiger partial charge in [-0.1, -0.05) is 0 Å². The molecule has 0 radical (unpaired) electrons. The highest BCUT2D eigenvalue weighted by Gasteiger charge is 2.19. The van der Waals surface area contributed by atoms with Crippen molar-refractivity contribution in [1.29, 1.82) is 0 Å². The Morgan fingerprint density at radius 3 is 2.79 bits per heavy atom. The monoisotopic (exact) mass is 263 g/mol. The van der Waals surface area contributed by atoms with Crippen molar-refractivity contribution in [3.63, 3.8) is 0 Å². The van der Waals surface area contributed by atoms with Gasteiger partial charge in [0.05, 0.1) is 0 Å². The molecule has 0 aromatic carbocycles. The molecule has 2 rings (SSSR count). The molecule has 0 bridgehead atoms. The topological polar surface area (TPSA) is 65.5 Å². The van der Waals surface area contributed by atoms with Gasteiger partial charge in [0.2, 0.25) is 0 Å². The highest BCUT2D eigenvalue weighted by atomic mass is 16.4. The fraction of sp³-hybridized carbons (Fsp3) is 0.571. The van der Waals surface area contributed by atoms with Crippen LogP contribution < -0.4 is 5.32 Å². The molecular formula is C14H21N3O2. The van der Waals surface area contributed by atoms with Gasteiger partial charge in [0.25, 0.3) is 0 Å². The first kappa shape index (κ1) is 13.8. The van der Waals surface area contributed by atoms with E-state index in [1.54, 1.807) is 12.1 Å². The first-order chi connectivity index (χ1) is 9.08. The lowest BCUT2D eigenvalue weighted by Crippen LogP contribution is -2.36. The largest absolute Gasteiger partial charge is 0.478 e. The normalized spacial score (nSPS) is 17.4. The van der Waals surface area contributed by atoms with E-state index in [2.05, 4.69) is 22.1 Å². The van der Waals surface area contributed by atoms with Gasteiger partial charge in [-0.15, -0.1) is 0 Å². The second-order valence-corrected chi connectivity index (χ2v) is 5.13. The number of hydrogen-bond donors (Lipinski definition) is 2. The summed E-state index contributed by atoms with van der Waals surface area (Å²) in [7, 11) is 0. The van der Waals surface area contributed by atoms with E-state index in [4.69, 9.17) is 5.11 Å². The van der Waals surface area contributed by atoms with Crippen molar-refractivity contribution in [3.8, 4) is 0 Å². The van der Waals surface area contributed by atoms with E-state index < -0.39 is 5.97 Å². The van der Waals surface area contributed by atoms with Crippen LogP contribution in [0.25, 0.3) is 0 Å². The number of rotatable bonds is 5. The fourth-order valence-corrected chi connectivity index (χ4v) is 2.42. The van der Waals surface area contributed by atoms with E-state index >= 15 is 0 Å². The first-order valence-corrected chi connectivity index (χ1v) is 6.77. The van der Waals surface area contributed by atoms with Gasteiger partial charge >= 0.3 is 5.97 Å². The molecule has 1 atom stereocenters.